The molecule has 0 spiro atoms. The molecule has 1 saturated heterocycles. The Morgan fingerprint density at radius 3 is 2.46 bits per heavy atom. The standard InChI is InChI=1S/C21H36N4OS.HI/c1-22-21(24-13-7-17-27-2)23-12-6-16-26-20-10-14-25(15-11-20)18-19-8-4-3-5-9-19;/h3-5,8-9,20H,6-7,10-18H2,1-2H3,(H2,22,23,24);1H. The Labute approximate surface area is 192 Å². The highest BCUT2D eigenvalue weighted by Gasteiger charge is 2.19. The van der Waals surface area contributed by atoms with Crippen molar-refractivity contribution in [3.8, 4) is 0 Å². The molecule has 1 fully saturated rings. The Kier molecular flexibility index (Phi) is 14.9. The second kappa shape index (κ2) is 16.3. The normalized spacial score (nSPS) is 15.9. The van der Waals surface area contributed by atoms with Gasteiger partial charge in [-0.1, -0.05) is 30.3 Å². The zero-order valence-electron chi connectivity index (χ0n) is 17.4. The molecular formula is C21H37IN4OS. The van der Waals surface area contributed by atoms with Crippen molar-refractivity contribution in [2.24, 2.45) is 4.99 Å². The van der Waals surface area contributed by atoms with E-state index < -0.39 is 0 Å². The summed E-state index contributed by atoms with van der Waals surface area (Å²) in [5.74, 6) is 2.08. The molecule has 1 aliphatic rings. The topological polar surface area (TPSA) is 48.9 Å². The van der Waals surface area contributed by atoms with Crippen LogP contribution in [-0.2, 0) is 11.3 Å². The van der Waals surface area contributed by atoms with Crippen LogP contribution in [0.2, 0.25) is 0 Å². The molecule has 28 heavy (non-hydrogen) atoms. The van der Waals surface area contributed by atoms with Gasteiger partial charge in [0.25, 0.3) is 0 Å². The first-order valence-corrected chi connectivity index (χ1v) is 11.5. The van der Waals surface area contributed by atoms with Crippen molar-refractivity contribution in [3.05, 3.63) is 35.9 Å². The lowest BCUT2D eigenvalue weighted by atomic mass is 10.1. The molecule has 5 nitrogen and oxygen atoms in total. The fourth-order valence-electron chi connectivity index (χ4n) is 3.25. The van der Waals surface area contributed by atoms with E-state index in [9.17, 15) is 0 Å². The molecule has 7 heteroatoms. The number of ether oxygens (including phenoxy) is 1. The summed E-state index contributed by atoms with van der Waals surface area (Å²) in [5.41, 5.74) is 1.40. The summed E-state index contributed by atoms with van der Waals surface area (Å²) in [5, 5.41) is 6.71. The van der Waals surface area contributed by atoms with Gasteiger partial charge in [0.1, 0.15) is 0 Å². The SMILES string of the molecule is CN=C(NCCCOC1CCN(Cc2ccccc2)CC1)NCCCSC.I. The Morgan fingerprint density at radius 1 is 1.14 bits per heavy atom. The number of hydrogen-bond donors (Lipinski definition) is 2. The first kappa shape index (κ1) is 25.5. The van der Waals surface area contributed by atoms with E-state index in [-0.39, 0.29) is 24.0 Å². The summed E-state index contributed by atoms with van der Waals surface area (Å²) < 4.78 is 6.08. The largest absolute Gasteiger partial charge is 0.378 e. The number of nitrogens with zero attached hydrogens (tertiary/aromatic N) is 2. The lowest BCUT2D eigenvalue weighted by Crippen LogP contribution is -2.39. The maximum atomic E-state index is 6.08. The van der Waals surface area contributed by atoms with Gasteiger partial charge in [0.15, 0.2) is 5.96 Å². The molecule has 2 N–H and O–H groups in total. The van der Waals surface area contributed by atoms with Crippen molar-refractivity contribution in [1.29, 1.82) is 0 Å². The quantitative estimate of drug-likeness (QED) is 0.202. The first-order chi connectivity index (χ1) is 13.3. The smallest absolute Gasteiger partial charge is 0.190 e. The van der Waals surface area contributed by atoms with Crippen LogP contribution >= 0.6 is 35.7 Å². The molecular weight excluding hydrogens is 483 g/mol. The molecule has 160 valence electrons. The van der Waals surface area contributed by atoms with E-state index in [0.29, 0.717) is 6.10 Å². The van der Waals surface area contributed by atoms with Crippen molar-refractivity contribution in [1.82, 2.24) is 15.5 Å². The van der Waals surface area contributed by atoms with E-state index in [4.69, 9.17) is 4.74 Å². The average molecular weight is 521 g/mol. The van der Waals surface area contributed by atoms with Crippen LogP contribution in [0.5, 0.6) is 0 Å². The number of hydrogen-bond acceptors (Lipinski definition) is 4. The summed E-state index contributed by atoms with van der Waals surface area (Å²) in [7, 11) is 1.82. The molecule has 0 aromatic heterocycles. The molecule has 0 amide bonds. The zero-order chi connectivity index (χ0) is 19.2. The molecule has 0 radical (unpaired) electrons. The van der Waals surface area contributed by atoms with E-state index in [1.165, 1.54) is 11.3 Å². The van der Waals surface area contributed by atoms with Crippen LogP contribution in [0.15, 0.2) is 35.3 Å². The Morgan fingerprint density at radius 2 is 1.82 bits per heavy atom. The van der Waals surface area contributed by atoms with E-state index in [0.717, 1.165) is 71.0 Å². The summed E-state index contributed by atoms with van der Waals surface area (Å²) in [4.78, 5) is 6.79. The highest BCUT2D eigenvalue weighted by Crippen LogP contribution is 2.16. The van der Waals surface area contributed by atoms with Gasteiger partial charge in [0.05, 0.1) is 6.10 Å². The number of guanidine groups is 1. The summed E-state index contributed by atoms with van der Waals surface area (Å²) in [6.07, 6.45) is 7.00. The van der Waals surface area contributed by atoms with Crippen molar-refractivity contribution < 1.29 is 4.74 Å². The monoisotopic (exact) mass is 520 g/mol. The maximum Gasteiger partial charge on any atom is 0.190 e. The third-order valence-electron chi connectivity index (χ3n) is 4.79. The predicted octanol–water partition coefficient (Wildman–Crippen LogP) is 3.59. The van der Waals surface area contributed by atoms with Gasteiger partial charge in [-0.3, -0.25) is 9.89 Å². The van der Waals surface area contributed by atoms with E-state index in [1.54, 1.807) is 0 Å². The molecule has 1 heterocycles. The van der Waals surface area contributed by atoms with Crippen LogP contribution in [0.1, 0.15) is 31.2 Å². The number of aliphatic imine (C=N–C) groups is 1. The molecule has 1 aromatic carbocycles. The second-order valence-electron chi connectivity index (χ2n) is 6.96. The van der Waals surface area contributed by atoms with Crippen LogP contribution in [0.25, 0.3) is 0 Å². The maximum absolute atomic E-state index is 6.08. The lowest BCUT2D eigenvalue weighted by Gasteiger charge is -2.32. The van der Waals surface area contributed by atoms with Crippen molar-refractivity contribution in [3.63, 3.8) is 0 Å². The first-order valence-electron chi connectivity index (χ1n) is 10.1. The van der Waals surface area contributed by atoms with Crippen LogP contribution < -0.4 is 10.6 Å². The van der Waals surface area contributed by atoms with Crippen molar-refractivity contribution in [2.75, 3.05) is 51.8 Å². The highest BCUT2D eigenvalue weighted by atomic mass is 127. The highest BCUT2D eigenvalue weighted by molar-refractivity contribution is 14.0. The van der Waals surface area contributed by atoms with Crippen LogP contribution in [-0.4, -0.2) is 68.8 Å². The minimum Gasteiger partial charge on any atom is -0.378 e. The van der Waals surface area contributed by atoms with Gasteiger partial charge in [0, 0.05) is 46.4 Å². The number of halogens is 1. The molecule has 0 unspecified atom stereocenters. The Hall–Kier alpha value is -0.510. The zero-order valence-corrected chi connectivity index (χ0v) is 20.5. The Balaban J connectivity index is 0.00000392. The lowest BCUT2D eigenvalue weighted by molar-refractivity contribution is 0.00534. The molecule has 0 atom stereocenters. The van der Waals surface area contributed by atoms with Crippen molar-refractivity contribution in [2.45, 2.75) is 38.3 Å². The van der Waals surface area contributed by atoms with Crippen LogP contribution in [0.4, 0.5) is 0 Å². The summed E-state index contributed by atoms with van der Waals surface area (Å²) in [6.45, 7) is 6.00. The van der Waals surface area contributed by atoms with Gasteiger partial charge < -0.3 is 15.4 Å². The number of rotatable bonds is 11. The van der Waals surface area contributed by atoms with E-state index in [1.807, 2.05) is 18.8 Å². The van der Waals surface area contributed by atoms with Crippen LogP contribution in [0.3, 0.4) is 0 Å². The van der Waals surface area contributed by atoms with Gasteiger partial charge in [-0.15, -0.1) is 24.0 Å². The van der Waals surface area contributed by atoms with Crippen molar-refractivity contribution >= 4 is 41.7 Å². The fourth-order valence-corrected chi connectivity index (χ4v) is 3.68. The van der Waals surface area contributed by atoms with E-state index in [2.05, 4.69) is 57.1 Å². The van der Waals surface area contributed by atoms with Gasteiger partial charge in [-0.05, 0) is 43.3 Å². The molecule has 0 saturated carbocycles. The van der Waals surface area contributed by atoms with E-state index >= 15 is 0 Å². The van der Waals surface area contributed by atoms with Crippen LogP contribution in [0, 0.1) is 0 Å². The van der Waals surface area contributed by atoms with Gasteiger partial charge >= 0.3 is 0 Å². The predicted molar refractivity (Wildman–Crippen MR) is 133 cm³/mol. The minimum atomic E-state index is 0. The molecule has 0 aliphatic carbocycles. The van der Waals surface area contributed by atoms with Gasteiger partial charge in [-0.25, -0.2) is 0 Å². The number of piperidine rings is 1. The number of thioether (sulfide) groups is 1. The van der Waals surface area contributed by atoms with Gasteiger partial charge in [0.2, 0.25) is 0 Å². The molecule has 2 rings (SSSR count). The second-order valence-corrected chi connectivity index (χ2v) is 7.94. The third kappa shape index (κ3) is 10.9. The molecule has 0 bridgehead atoms. The average Bonchev–Trinajstić information content (AvgIpc) is 2.71. The minimum absolute atomic E-state index is 0. The summed E-state index contributed by atoms with van der Waals surface area (Å²) in [6, 6.07) is 10.7. The number of likely N-dealkylation sites (tertiary alicyclic amines) is 1. The third-order valence-corrected chi connectivity index (χ3v) is 5.49. The molecule has 1 aromatic rings. The van der Waals surface area contributed by atoms with Gasteiger partial charge in [-0.2, -0.15) is 11.8 Å². The number of nitrogens with one attached hydrogen (secondary N) is 2. The fraction of sp³-hybridized carbons (Fsp3) is 0.667. The number of benzene rings is 1. The molecule has 1 aliphatic heterocycles. The summed E-state index contributed by atoms with van der Waals surface area (Å²) >= 11 is 1.88. The Bertz CT molecular complexity index is 524.